The Balaban J connectivity index is 1.28. The van der Waals surface area contributed by atoms with Gasteiger partial charge in [-0.3, -0.25) is 4.90 Å². The number of nitrogens with one attached hydrogen (secondary N) is 1. The van der Waals surface area contributed by atoms with Gasteiger partial charge in [0.15, 0.2) is 0 Å². The lowest BCUT2D eigenvalue weighted by atomic mass is 10.0. The predicted octanol–water partition coefficient (Wildman–Crippen LogP) is 3.30. The van der Waals surface area contributed by atoms with E-state index in [0.717, 1.165) is 38.3 Å². The number of likely N-dealkylation sites (tertiary alicyclic amines) is 1. The zero-order chi connectivity index (χ0) is 25.2. The van der Waals surface area contributed by atoms with Crippen LogP contribution in [0.1, 0.15) is 37.8 Å². The molecule has 4 heterocycles. The molecule has 0 radical (unpaired) electrons. The maximum Gasteiger partial charge on any atom is 0.419 e. The van der Waals surface area contributed by atoms with Gasteiger partial charge in [-0.25, -0.2) is 19.7 Å². The number of urea groups is 1. The molecule has 8 nitrogen and oxygen atoms in total. The summed E-state index contributed by atoms with van der Waals surface area (Å²) in [5, 5.41) is 3.12. The molecule has 0 bridgehead atoms. The van der Waals surface area contributed by atoms with E-state index < -0.39 is 17.7 Å². The topological polar surface area (TPSA) is 77.5 Å². The average Bonchev–Trinajstić information content (AvgIpc) is 2.81. The van der Waals surface area contributed by atoms with E-state index in [0.29, 0.717) is 25.2 Å². The van der Waals surface area contributed by atoms with Crippen LogP contribution in [0.3, 0.4) is 0 Å². The van der Waals surface area contributed by atoms with E-state index in [1.165, 1.54) is 6.20 Å². The van der Waals surface area contributed by atoms with E-state index in [2.05, 4.69) is 25.2 Å². The molecular weight excluding hydrogens is 466 g/mol. The molecule has 0 aromatic carbocycles. The van der Waals surface area contributed by atoms with Crippen LogP contribution in [-0.4, -0.2) is 75.1 Å². The number of aromatic nitrogens is 3. The first-order valence-corrected chi connectivity index (χ1v) is 11.7. The molecule has 2 aromatic rings. The Hall–Kier alpha value is -3.02. The summed E-state index contributed by atoms with van der Waals surface area (Å²) in [7, 11) is 0. The highest BCUT2D eigenvalue weighted by Gasteiger charge is 2.36. The smallest absolute Gasteiger partial charge is 0.337 e. The summed E-state index contributed by atoms with van der Waals surface area (Å²) >= 11 is 0. The molecule has 2 aliphatic heterocycles. The highest BCUT2D eigenvalue weighted by atomic mass is 19.4. The van der Waals surface area contributed by atoms with Gasteiger partial charge in [-0.2, -0.15) is 17.6 Å². The van der Waals surface area contributed by atoms with Crippen molar-refractivity contribution in [1.29, 1.82) is 0 Å². The number of hydrogen-bond donors (Lipinski definition) is 1. The van der Waals surface area contributed by atoms with Crippen molar-refractivity contribution in [3.05, 3.63) is 47.8 Å². The zero-order valence-corrected chi connectivity index (χ0v) is 19.7. The SMILES string of the molecule is C[C@@H]1CN(c2ncc(C(F)(F)F)cn2)C[C@H](C)N1C(=O)NC1CCN(Cc2cccnc2F)CC1. The van der Waals surface area contributed by atoms with E-state index in [-0.39, 0.29) is 30.1 Å². The van der Waals surface area contributed by atoms with Gasteiger partial charge in [-0.05, 0) is 32.8 Å². The molecule has 2 aliphatic rings. The third-order valence-electron chi connectivity index (χ3n) is 6.55. The maximum atomic E-state index is 13.8. The van der Waals surface area contributed by atoms with Crippen molar-refractivity contribution in [2.75, 3.05) is 31.1 Å². The second-order valence-corrected chi connectivity index (χ2v) is 9.23. The first-order valence-electron chi connectivity index (χ1n) is 11.7. The largest absolute Gasteiger partial charge is 0.419 e. The fraction of sp³-hybridized carbons (Fsp3) is 0.565. The number of piperazine rings is 1. The standard InChI is InChI=1S/C23H29F4N7O/c1-15-12-33(21-29-10-18(11-30-21)23(25,26)27)13-16(2)34(15)22(35)31-19-5-8-32(9-6-19)14-17-4-3-7-28-20(17)24/h3-4,7,10-11,15-16,19H,5-6,8-9,12-14H2,1-2H3,(H,31,35)/t15-,16+. The van der Waals surface area contributed by atoms with Gasteiger partial charge >= 0.3 is 12.2 Å². The van der Waals surface area contributed by atoms with Gasteiger partial charge in [-0.1, -0.05) is 6.07 Å². The minimum Gasteiger partial charge on any atom is -0.337 e. The normalized spacial score (nSPS) is 22.3. The van der Waals surface area contributed by atoms with Crippen molar-refractivity contribution in [3.63, 3.8) is 0 Å². The number of alkyl halides is 3. The van der Waals surface area contributed by atoms with Crippen LogP contribution in [0, 0.1) is 5.95 Å². The molecule has 0 unspecified atom stereocenters. The first kappa shape index (κ1) is 25.1. The summed E-state index contributed by atoms with van der Waals surface area (Å²) in [6.07, 6.45) is 0.0308. The van der Waals surface area contributed by atoms with E-state index >= 15 is 0 Å². The second-order valence-electron chi connectivity index (χ2n) is 9.23. The molecule has 2 fully saturated rings. The Morgan fingerprint density at radius 1 is 1.09 bits per heavy atom. The van der Waals surface area contributed by atoms with Crippen molar-refractivity contribution in [2.24, 2.45) is 0 Å². The summed E-state index contributed by atoms with van der Waals surface area (Å²) in [4.78, 5) is 30.3. The van der Waals surface area contributed by atoms with Crippen LogP contribution in [0.4, 0.5) is 28.3 Å². The van der Waals surface area contributed by atoms with Crippen LogP contribution < -0.4 is 10.2 Å². The Morgan fingerprint density at radius 3 is 2.29 bits per heavy atom. The van der Waals surface area contributed by atoms with Gasteiger partial charge in [0, 0.05) is 75.0 Å². The number of piperidine rings is 1. The Morgan fingerprint density at radius 2 is 1.71 bits per heavy atom. The van der Waals surface area contributed by atoms with Crippen LogP contribution >= 0.6 is 0 Å². The fourth-order valence-corrected chi connectivity index (χ4v) is 4.78. The third-order valence-corrected chi connectivity index (χ3v) is 6.55. The maximum absolute atomic E-state index is 13.8. The number of carbonyl (C=O) groups is 1. The van der Waals surface area contributed by atoms with E-state index in [1.54, 1.807) is 21.9 Å². The van der Waals surface area contributed by atoms with Gasteiger partial charge in [0.1, 0.15) is 0 Å². The number of rotatable bonds is 4. The van der Waals surface area contributed by atoms with Gasteiger partial charge < -0.3 is 15.1 Å². The predicted molar refractivity (Wildman–Crippen MR) is 121 cm³/mol. The van der Waals surface area contributed by atoms with Gasteiger partial charge in [0.25, 0.3) is 0 Å². The summed E-state index contributed by atoms with van der Waals surface area (Å²) in [6, 6.07) is 2.95. The monoisotopic (exact) mass is 495 g/mol. The van der Waals surface area contributed by atoms with Gasteiger partial charge in [0.05, 0.1) is 5.56 Å². The molecule has 1 N–H and O–H groups in total. The molecule has 2 aromatic heterocycles. The number of anilines is 1. The summed E-state index contributed by atoms with van der Waals surface area (Å²) < 4.78 is 52.2. The van der Waals surface area contributed by atoms with Crippen LogP contribution in [0.25, 0.3) is 0 Å². The molecule has 12 heteroatoms. The van der Waals surface area contributed by atoms with E-state index in [4.69, 9.17) is 0 Å². The van der Waals surface area contributed by atoms with Crippen LogP contribution in [0.15, 0.2) is 30.7 Å². The van der Waals surface area contributed by atoms with Crippen molar-refractivity contribution < 1.29 is 22.4 Å². The lowest BCUT2D eigenvalue weighted by Gasteiger charge is -2.45. The molecule has 0 aliphatic carbocycles. The molecule has 4 rings (SSSR count). The highest BCUT2D eigenvalue weighted by Crippen LogP contribution is 2.29. The minimum atomic E-state index is -4.49. The molecule has 0 saturated carbocycles. The lowest BCUT2D eigenvalue weighted by Crippen LogP contribution is -2.62. The van der Waals surface area contributed by atoms with Gasteiger partial charge in [0.2, 0.25) is 11.9 Å². The van der Waals surface area contributed by atoms with Gasteiger partial charge in [-0.15, -0.1) is 0 Å². The molecular formula is C23H29F4N7O. The number of halogens is 4. The number of nitrogens with zero attached hydrogens (tertiary/aromatic N) is 6. The number of hydrogen-bond acceptors (Lipinski definition) is 6. The Bertz CT molecular complexity index is 1000. The minimum absolute atomic E-state index is 0.0215. The third kappa shape index (κ3) is 5.98. The molecule has 2 saturated heterocycles. The molecule has 0 spiro atoms. The second kappa shape index (κ2) is 10.3. The van der Waals surface area contributed by atoms with Crippen molar-refractivity contribution in [2.45, 2.75) is 57.5 Å². The Labute approximate surface area is 201 Å². The van der Waals surface area contributed by atoms with Crippen LogP contribution in [0.5, 0.6) is 0 Å². The summed E-state index contributed by atoms with van der Waals surface area (Å²) in [5.41, 5.74) is -0.329. The quantitative estimate of drug-likeness (QED) is 0.518. The molecule has 2 atom stereocenters. The van der Waals surface area contributed by atoms with E-state index in [1.807, 2.05) is 13.8 Å². The zero-order valence-electron chi connectivity index (χ0n) is 19.7. The van der Waals surface area contributed by atoms with Crippen molar-refractivity contribution in [1.82, 2.24) is 30.1 Å². The van der Waals surface area contributed by atoms with E-state index in [9.17, 15) is 22.4 Å². The summed E-state index contributed by atoms with van der Waals surface area (Å²) in [5.74, 6) is -0.235. The molecule has 35 heavy (non-hydrogen) atoms. The summed E-state index contributed by atoms with van der Waals surface area (Å²) in [6.45, 7) is 6.60. The van der Waals surface area contributed by atoms with Crippen LogP contribution in [-0.2, 0) is 12.7 Å². The lowest BCUT2D eigenvalue weighted by molar-refractivity contribution is -0.138. The number of pyridine rings is 1. The average molecular weight is 496 g/mol. The van der Waals surface area contributed by atoms with Crippen molar-refractivity contribution >= 4 is 12.0 Å². The number of carbonyl (C=O) groups excluding carboxylic acids is 1. The Kier molecular flexibility index (Phi) is 7.39. The number of amides is 2. The van der Waals surface area contributed by atoms with Crippen molar-refractivity contribution in [3.8, 4) is 0 Å². The fourth-order valence-electron chi connectivity index (χ4n) is 4.78. The molecule has 2 amide bonds. The van der Waals surface area contributed by atoms with Crippen LogP contribution in [0.2, 0.25) is 0 Å². The first-order chi connectivity index (χ1) is 16.6. The molecule has 190 valence electrons. The highest BCUT2D eigenvalue weighted by molar-refractivity contribution is 5.75.